The monoisotopic (exact) mass is 260 g/mol. The Labute approximate surface area is 114 Å². The van der Waals surface area contributed by atoms with Gasteiger partial charge in [0.1, 0.15) is 12.4 Å². The van der Waals surface area contributed by atoms with Crippen LogP contribution in [0.25, 0.3) is 0 Å². The van der Waals surface area contributed by atoms with E-state index in [0.29, 0.717) is 6.61 Å². The van der Waals surface area contributed by atoms with Crippen molar-refractivity contribution in [3.8, 4) is 17.6 Å². The first kappa shape index (κ1) is 13.9. The van der Waals surface area contributed by atoms with E-state index in [2.05, 4.69) is 11.8 Å². The summed E-state index contributed by atoms with van der Waals surface area (Å²) in [4.78, 5) is 0. The summed E-state index contributed by atoms with van der Waals surface area (Å²) in [5, 5.41) is 8.71. The minimum Gasteiger partial charge on any atom is -0.496 e. The Morgan fingerprint density at radius 1 is 1.37 bits per heavy atom. The molecule has 1 saturated carbocycles. The summed E-state index contributed by atoms with van der Waals surface area (Å²) in [5.41, 5.74) is 1.87. The van der Waals surface area contributed by atoms with Crippen LogP contribution < -0.4 is 4.74 Å². The fraction of sp³-hybridized carbons (Fsp3) is 0.500. The topological polar surface area (TPSA) is 38.7 Å². The third-order valence-corrected chi connectivity index (χ3v) is 3.22. The van der Waals surface area contributed by atoms with Gasteiger partial charge in [0.25, 0.3) is 0 Å². The summed E-state index contributed by atoms with van der Waals surface area (Å²) in [7, 11) is 1.65. The number of methoxy groups -OCH3 is 1. The third kappa shape index (κ3) is 4.59. The fourth-order valence-corrected chi connectivity index (χ4v) is 1.95. The standard InChI is InChI=1S/C16H20O3/c1-18-16-7-6-14(3-2-9-17)11-15(16)12-19-10-8-13-4-5-13/h6-7,11,13,17H,4-5,8-10,12H2,1H3. The molecule has 1 aromatic carbocycles. The van der Waals surface area contributed by atoms with Crippen molar-refractivity contribution in [2.24, 2.45) is 5.92 Å². The first-order valence-corrected chi connectivity index (χ1v) is 6.68. The Kier molecular flexibility index (Phi) is 5.26. The lowest BCUT2D eigenvalue weighted by atomic mass is 10.1. The van der Waals surface area contributed by atoms with Gasteiger partial charge < -0.3 is 14.6 Å². The van der Waals surface area contributed by atoms with Crippen LogP contribution in [0.2, 0.25) is 0 Å². The maximum absolute atomic E-state index is 8.71. The van der Waals surface area contributed by atoms with Crippen molar-refractivity contribution in [3.05, 3.63) is 29.3 Å². The number of benzene rings is 1. The lowest BCUT2D eigenvalue weighted by Crippen LogP contribution is -1.99. The second-order valence-electron chi connectivity index (χ2n) is 4.77. The summed E-state index contributed by atoms with van der Waals surface area (Å²) >= 11 is 0. The molecule has 3 nitrogen and oxygen atoms in total. The summed E-state index contributed by atoms with van der Waals surface area (Å²) in [6, 6.07) is 5.73. The van der Waals surface area contributed by atoms with Gasteiger partial charge in [-0.25, -0.2) is 0 Å². The maximum atomic E-state index is 8.71. The molecule has 1 aromatic rings. The minimum absolute atomic E-state index is 0.126. The molecule has 1 fully saturated rings. The van der Waals surface area contributed by atoms with Gasteiger partial charge in [-0.05, 0) is 30.5 Å². The third-order valence-electron chi connectivity index (χ3n) is 3.22. The van der Waals surface area contributed by atoms with Gasteiger partial charge in [0.15, 0.2) is 0 Å². The van der Waals surface area contributed by atoms with Gasteiger partial charge >= 0.3 is 0 Å². The van der Waals surface area contributed by atoms with Crippen LogP contribution in [0.5, 0.6) is 5.75 Å². The van der Waals surface area contributed by atoms with Crippen LogP contribution in [0.1, 0.15) is 30.4 Å². The molecule has 102 valence electrons. The Morgan fingerprint density at radius 3 is 2.89 bits per heavy atom. The molecule has 1 aliphatic rings. The first-order chi connectivity index (χ1) is 9.33. The van der Waals surface area contributed by atoms with Gasteiger partial charge in [0, 0.05) is 17.7 Å². The molecule has 0 bridgehead atoms. The van der Waals surface area contributed by atoms with E-state index in [1.54, 1.807) is 7.11 Å². The van der Waals surface area contributed by atoms with E-state index in [4.69, 9.17) is 14.6 Å². The van der Waals surface area contributed by atoms with Crippen LogP contribution >= 0.6 is 0 Å². The zero-order chi connectivity index (χ0) is 13.5. The number of aliphatic hydroxyl groups excluding tert-OH is 1. The minimum atomic E-state index is -0.126. The van der Waals surface area contributed by atoms with Crippen molar-refractivity contribution in [2.45, 2.75) is 25.9 Å². The van der Waals surface area contributed by atoms with Crippen molar-refractivity contribution < 1.29 is 14.6 Å². The van der Waals surface area contributed by atoms with Crippen molar-refractivity contribution in [2.75, 3.05) is 20.3 Å². The molecule has 2 rings (SSSR count). The molecule has 1 N–H and O–H groups in total. The van der Waals surface area contributed by atoms with Crippen molar-refractivity contribution in [1.82, 2.24) is 0 Å². The average molecular weight is 260 g/mol. The number of aliphatic hydroxyl groups is 1. The van der Waals surface area contributed by atoms with Crippen LogP contribution in [0.4, 0.5) is 0 Å². The number of rotatable bonds is 6. The number of ether oxygens (including phenoxy) is 2. The molecule has 1 aliphatic carbocycles. The van der Waals surface area contributed by atoms with E-state index in [1.165, 1.54) is 12.8 Å². The molecule has 0 amide bonds. The van der Waals surface area contributed by atoms with E-state index in [1.807, 2.05) is 18.2 Å². The van der Waals surface area contributed by atoms with Gasteiger partial charge in [0.2, 0.25) is 0 Å². The summed E-state index contributed by atoms with van der Waals surface area (Å²) in [5.74, 6) is 7.25. The lowest BCUT2D eigenvalue weighted by Gasteiger charge is -2.09. The number of hydrogen-bond acceptors (Lipinski definition) is 3. The first-order valence-electron chi connectivity index (χ1n) is 6.68. The van der Waals surface area contributed by atoms with Gasteiger partial charge in [0.05, 0.1) is 13.7 Å². The summed E-state index contributed by atoms with van der Waals surface area (Å²) in [6.45, 7) is 1.23. The lowest BCUT2D eigenvalue weighted by molar-refractivity contribution is 0.113. The largest absolute Gasteiger partial charge is 0.496 e. The Bertz CT molecular complexity index is 467. The fourth-order valence-electron chi connectivity index (χ4n) is 1.95. The van der Waals surface area contributed by atoms with Gasteiger partial charge in [-0.3, -0.25) is 0 Å². The normalized spacial score (nSPS) is 13.8. The predicted molar refractivity (Wildman–Crippen MR) is 74.0 cm³/mol. The molecular weight excluding hydrogens is 240 g/mol. The molecule has 0 unspecified atom stereocenters. The highest BCUT2D eigenvalue weighted by Crippen LogP contribution is 2.32. The molecular formula is C16H20O3. The Hall–Kier alpha value is -1.50. The highest BCUT2D eigenvalue weighted by atomic mass is 16.5. The van der Waals surface area contributed by atoms with E-state index in [0.717, 1.165) is 35.8 Å². The number of hydrogen-bond donors (Lipinski definition) is 1. The smallest absolute Gasteiger partial charge is 0.124 e. The molecule has 0 heterocycles. The van der Waals surface area contributed by atoms with E-state index in [-0.39, 0.29) is 6.61 Å². The average Bonchev–Trinajstić information content (AvgIpc) is 3.25. The Morgan fingerprint density at radius 2 is 2.21 bits per heavy atom. The molecule has 0 aromatic heterocycles. The molecule has 0 atom stereocenters. The van der Waals surface area contributed by atoms with Crippen molar-refractivity contribution in [3.63, 3.8) is 0 Å². The Balaban J connectivity index is 1.94. The predicted octanol–water partition coefficient (Wildman–Crippen LogP) is 2.36. The van der Waals surface area contributed by atoms with Crippen molar-refractivity contribution >= 4 is 0 Å². The SMILES string of the molecule is COc1ccc(C#CCO)cc1COCCC1CC1. The molecule has 0 saturated heterocycles. The van der Waals surface area contributed by atoms with Gasteiger partial charge in [-0.1, -0.05) is 24.7 Å². The highest BCUT2D eigenvalue weighted by Gasteiger charge is 2.20. The summed E-state index contributed by atoms with van der Waals surface area (Å²) in [6.07, 6.45) is 3.88. The van der Waals surface area contributed by atoms with Crippen LogP contribution in [0.15, 0.2) is 18.2 Å². The second-order valence-corrected chi connectivity index (χ2v) is 4.77. The van der Waals surface area contributed by atoms with E-state index >= 15 is 0 Å². The molecule has 0 radical (unpaired) electrons. The molecule has 0 spiro atoms. The maximum Gasteiger partial charge on any atom is 0.124 e. The van der Waals surface area contributed by atoms with E-state index < -0.39 is 0 Å². The van der Waals surface area contributed by atoms with Crippen LogP contribution in [-0.4, -0.2) is 25.4 Å². The highest BCUT2D eigenvalue weighted by molar-refractivity contribution is 5.44. The van der Waals surface area contributed by atoms with Crippen molar-refractivity contribution in [1.29, 1.82) is 0 Å². The van der Waals surface area contributed by atoms with Crippen LogP contribution in [0, 0.1) is 17.8 Å². The zero-order valence-corrected chi connectivity index (χ0v) is 11.3. The van der Waals surface area contributed by atoms with Gasteiger partial charge in [-0.2, -0.15) is 0 Å². The van der Waals surface area contributed by atoms with Gasteiger partial charge in [-0.15, -0.1) is 0 Å². The molecule has 0 aliphatic heterocycles. The molecule has 3 heteroatoms. The quantitative estimate of drug-likeness (QED) is 0.630. The second kappa shape index (κ2) is 7.18. The zero-order valence-electron chi connectivity index (χ0n) is 11.3. The molecule has 19 heavy (non-hydrogen) atoms. The van der Waals surface area contributed by atoms with Crippen LogP contribution in [-0.2, 0) is 11.3 Å². The summed E-state index contributed by atoms with van der Waals surface area (Å²) < 4.78 is 11.0. The van der Waals surface area contributed by atoms with Crippen LogP contribution in [0.3, 0.4) is 0 Å². The van der Waals surface area contributed by atoms with E-state index in [9.17, 15) is 0 Å².